The third-order valence-corrected chi connectivity index (χ3v) is 5.93. The first-order chi connectivity index (χ1) is 17.7. The fourth-order valence-electron chi connectivity index (χ4n) is 3.96. The summed E-state index contributed by atoms with van der Waals surface area (Å²) in [6, 6.07) is 21.6. The first-order valence-electron chi connectivity index (χ1n) is 12.2. The number of amides is 1. The van der Waals surface area contributed by atoms with Crippen molar-refractivity contribution in [2.24, 2.45) is 0 Å². The predicted molar refractivity (Wildman–Crippen MR) is 145 cm³/mol. The molecular weight excluding hydrogens is 466 g/mol. The standard InChI is InChI=1S/C30H31N3O4/c1-21-10-12-25(37-17-7-15-30(2,3)36)19-26(21)22-14-16-31-27(18-22)32-29(35)23-11-13-28(34)33(20-23)24-8-5-4-6-9-24/h4-6,8-14,16,18-20,36H,7,15,17H2,1-3H3,(H,31,32,35). The van der Waals surface area contributed by atoms with E-state index in [1.165, 1.54) is 22.9 Å². The van der Waals surface area contributed by atoms with Gasteiger partial charge in [0.05, 0.1) is 17.8 Å². The molecule has 37 heavy (non-hydrogen) atoms. The molecule has 0 saturated heterocycles. The second kappa shape index (κ2) is 11.2. The molecule has 0 aliphatic heterocycles. The Morgan fingerprint density at radius 3 is 2.59 bits per heavy atom. The van der Waals surface area contributed by atoms with Gasteiger partial charge in [-0.25, -0.2) is 4.98 Å². The molecule has 7 nitrogen and oxygen atoms in total. The molecular formula is C30H31N3O4. The van der Waals surface area contributed by atoms with Crippen LogP contribution >= 0.6 is 0 Å². The Morgan fingerprint density at radius 2 is 1.84 bits per heavy atom. The van der Waals surface area contributed by atoms with Crippen LogP contribution in [0.15, 0.2) is 90.0 Å². The molecule has 0 atom stereocenters. The van der Waals surface area contributed by atoms with E-state index in [1.54, 1.807) is 20.0 Å². The Balaban J connectivity index is 1.50. The Bertz CT molecular complexity index is 1440. The molecule has 0 aliphatic carbocycles. The lowest BCUT2D eigenvalue weighted by Gasteiger charge is -2.17. The lowest BCUT2D eigenvalue weighted by molar-refractivity contribution is 0.0641. The van der Waals surface area contributed by atoms with Gasteiger partial charge in [0.1, 0.15) is 11.6 Å². The molecule has 7 heteroatoms. The molecule has 0 bridgehead atoms. The maximum atomic E-state index is 13.0. The second-order valence-electron chi connectivity index (χ2n) is 9.59. The van der Waals surface area contributed by atoms with E-state index in [0.29, 0.717) is 30.1 Å². The Kier molecular flexibility index (Phi) is 7.84. The first-order valence-corrected chi connectivity index (χ1v) is 12.2. The smallest absolute Gasteiger partial charge is 0.258 e. The van der Waals surface area contributed by atoms with Crippen molar-refractivity contribution in [1.29, 1.82) is 0 Å². The highest BCUT2D eigenvalue weighted by atomic mass is 16.5. The lowest BCUT2D eigenvalue weighted by Crippen LogP contribution is -2.21. The van der Waals surface area contributed by atoms with Crippen molar-refractivity contribution in [3.63, 3.8) is 0 Å². The minimum atomic E-state index is -0.710. The van der Waals surface area contributed by atoms with Crippen LogP contribution in [0.5, 0.6) is 5.75 Å². The molecule has 1 amide bonds. The Labute approximate surface area is 216 Å². The van der Waals surface area contributed by atoms with Gasteiger partial charge in [0.2, 0.25) is 0 Å². The summed E-state index contributed by atoms with van der Waals surface area (Å²) in [5, 5.41) is 12.7. The number of nitrogens with one attached hydrogen (secondary N) is 1. The van der Waals surface area contributed by atoms with Crippen molar-refractivity contribution >= 4 is 11.7 Å². The average Bonchev–Trinajstić information content (AvgIpc) is 2.88. The van der Waals surface area contributed by atoms with Gasteiger partial charge in [0.25, 0.3) is 11.5 Å². The molecule has 2 aromatic carbocycles. The van der Waals surface area contributed by atoms with Gasteiger partial charge >= 0.3 is 0 Å². The van der Waals surface area contributed by atoms with Gasteiger partial charge < -0.3 is 15.2 Å². The van der Waals surface area contributed by atoms with E-state index in [-0.39, 0.29) is 11.5 Å². The third kappa shape index (κ3) is 6.92. The summed E-state index contributed by atoms with van der Waals surface area (Å²) in [5.41, 5.74) is 3.00. The van der Waals surface area contributed by atoms with Gasteiger partial charge in [0, 0.05) is 24.1 Å². The number of rotatable bonds is 9. The number of aliphatic hydroxyl groups is 1. The van der Waals surface area contributed by atoms with Crippen LogP contribution < -0.4 is 15.6 Å². The minimum absolute atomic E-state index is 0.222. The number of hydrogen-bond donors (Lipinski definition) is 2. The number of anilines is 1. The summed E-state index contributed by atoms with van der Waals surface area (Å²) in [4.78, 5) is 29.6. The molecule has 190 valence electrons. The number of ether oxygens (including phenoxy) is 1. The summed E-state index contributed by atoms with van der Waals surface area (Å²) in [6.07, 6.45) is 4.57. The van der Waals surface area contributed by atoms with E-state index in [4.69, 9.17) is 4.74 Å². The number of carbonyl (C=O) groups is 1. The van der Waals surface area contributed by atoms with Gasteiger partial charge in [-0.05, 0) is 92.8 Å². The fraction of sp³-hybridized carbons (Fsp3) is 0.233. The van der Waals surface area contributed by atoms with Crippen LogP contribution in [0.25, 0.3) is 16.8 Å². The Hall–Kier alpha value is -4.23. The molecule has 2 aromatic heterocycles. The van der Waals surface area contributed by atoms with Crippen molar-refractivity contribution in [3.05, 3.63) is 107 Å². The van der Waals surface area contributed by atoms with Crippen LogP contribution in [0.3, 0.4) is 0 Å². The third-order valence-electron chi connectivity index (χ3n) is 5.93. The lowest BCUT2D eigenvalue weighted by atomic mass is 10.0. The number of benzene rings is 2. The van der Waals surface area contributed by atoms with E-state index in [9.17, 15) is 14.7 Å². The van der Waals surface area contributed by atoms with E-state index in [1.807, 2.05) is 67.6 Å². The zero-order valence-corrected chi connectivity index (χ0v) is 21.3. The Morgan fingerprint density at radius 1 is 1.05 bits per heavy atom. The zero-order valence-electron chi connectivity index (χ0n) is 21.3. The number of para-hydroxylation sites is 1. The molecule has 0 radical (unpaired) electrons. The molecule has 4 rings (SSSR count). The number of nitrogens with zero attached hydrogens (tertiary/aromatic N) is 2. The highest BCUT2D eigenvalue weighted by Gasteiger charge is 2.13. The predicted octanol–water partition coefficient (Wildman–Crippen LogP) is 5.39. The van der Waals surface area contributed by atoms with Gasteiger partial charge in [-0.1, -0.05) is 24.3 Å². The number of hydrogen-bond acceptors (Lipinski definition) is 5. The molecule has 2 heterocycles. The van der Waals surface area contributed by atoms with Crippen molar-refractivity contribution in [2.75, 3.05) is 11.9 Å². The molecule has 0 fully saturated rings. The van der Waals surface area contributed by atoms with Crippen molar-refractivity contribution < 1.29 is 14.6 Å². The topological polar surface area (TPSA) is 93.5 Å². The van der Waals surface area contributed by atoms with Crippen LogP contribution in [0.1, 0.15) is 42.6 Å². The van der Waals surface area contributed by atoms with Gasteiger partial charge in [-0.15, -0.1) is 0 Å². The van der Waals surface area contributed by atoms with Gasteiger partial charge in [-0.2, -0.15) is 0 Å². The SMILES string of the molecule is Cc1ccc(OCCCC(C)(C)O)cc1-c1ccnc(NC(=O)c2ccc(=O)n(-c3ccccc3)c2)c1. The summed E-state index contributed by atoms with van der Waals surface area (Å²) < 4.78 is 7.34. The monoisotopic (exact) mass is 497 g/mol. The summed E-state index contributed by atoms with van der Waals surface area (Å²) in [6.45, 7) is 6.10. The zero-order chi connectivity index (χ0) is 26.4. The molecule has 0 aliphatic rings. The molecule has 4 aromatic rings. The summed E-state index contributed by atoms with van der Waals surface area (Å²) in [7, 11) is 0. The quantitative estimate of drug-likeness (QED) is 0.303. The van der Waals surface area contributed by atoms with E-state index < -0.39 is 5.60 Å². The van der Waals surface area contributed by atoms with Crippen LogP contribution in [0.4, 0.5) is 5.82 Å². The highest BCUT2D eigenvalue weighted by molar-refractivity contribution is 6.03. The van der Waals surface area contributed by atoms with Gasteiger partial charge in [0.15, 0.2) is 0 Å². The average molecular weight is 498 g/mol. The van der Waals surface area contributed by atoms with Crippen LogP contribution in [-0.4, -0.2) is 32.8 Å². The number of aryl methyl sites for hydroxylation is 1. The van der Waals surface area contributed by atoms with Crippen LogP contribution in [0.2, 0.25) is 0 Å². The highest BCUT2D eigenvalue weighted by Crippen LogP contribution is 2.29. The second-order valence-corrected chi connectivity index (χ2v) is 9.59. The van der Waals surface area contributed by atoms with E-state index in [2.05, 4.69) is 10.3 Å². The van der Waals surface area contributed by atoms with Crippen molar-refractivity contribution in [3.8, 4) is 22.6 Å². The van der Waals surface area contributed by atoms with E-state index in [0.717, 1.165) is 28.9 Å². The summed E-state index contributed by atoms with van der Waals surface area (Å²) >= 11 is 0. The molecule has 0 saturated carbocycles. The van der Waals surface area contributed by atoms with Crippen molar-refractivity contribution in [2.45, 2.75) is 39.2 Å². The van der Waals surface area contributed by atoms with Crippen molar-refractivity contribution in [1.82, 2.24) is 9.55 Å². The maximum Gasteiger partial charge on any atom is 0.258 e. The fourth-order valence-corrected chi connectivity index (χ4v) is 3.96. The van der Waals surface area contributed by atoms with Gasteiger partial charge in [-0.3, -0.25) is 14.2 Å². The van der Waals surface area contributed by atoms with E-state index >= 15 is 0 Å². The number of aromatic nitrogens is 2. The summed E-state index contributed by atoms with van der Waals surface area (Å²) in [5.74, 6) is 0.771. The normalized spacial score (nSPS) is 11.2. The van der Waals surface area contributed by atoms with Crippen LogP contribution in [0, 0.1) is 6.92 Å². The number of pyridine rings is 2. The molecule has 0 spiro atoms. The molecule has 0 unspecified atom stereocenters. The first kappa shape index (κ1) is 25.9. The minimum Gasteiger partial charge on any atom is -0.494 e. The molecule has 2 N–H and O–H groups in total. The van der Waals surface area contributed by atoms with Crippen LogP contribution in [-0.2, 0) is 0 Å². The maximum absolute atomic E-state index is 13.0. The number of carbonyl (C=O) groups excluding carboxylic acids is 1. The largest absolute Gasteiger partial charge is 0.494 e.